The topological polar surface area (TPSA) is 55.2 Å². The summed E-state index contributed by atoms with van der Waals surface area (Å²) >= 11 is 0. The molecule has 1 aromatic rings. The molecule has 0 aromatic heterocycles. The maximum atomic E-state index is 13.8. The van der Waals surface area contributed by atoms with Crippen LogP contribution in [0.5, 0.6) is 0 Å². The van der Waals surface area contributed by atoms with E-state index in [2.05, 4.69) is 26.1 Å². The van der Waals surface area contributed by atoms with Crippen LogP contribution in [0.25, 0.3) is 6.08 Å². The third-order valence-electron chi connectivity index (χ3n) is 3.10. The number of nitrogens with zero attached hydrogens (tertiary/aromatic N) is 1. The van der Waals surface area contributed by atoms with E-state index >= 15 is 0 Å². The number of nitro groups is 1. The Kier molecular flexibility index (Phi) is 5.61. The first-order chi connectivity index (χ1) is 9.60. The predicted octanol–water partition coefficient (Wildman–Crippen LogP) is 4.16. The highest BCUT2D eigenvalue weighted by atomic mass is 19.1. The molecule has 0 aliphatic heterocycles. The lowest BCUT2D eigenvalue weighted by atomic mass is 9.98. The van der Waals surface area contributed by atoms with Gasteiger partial charge in [-0.3, -0.25) is 10.1 Å². The second-order valence-electron chi connectivity index (χ2n) is 6.44. The molecule has 0 fully saturated rings. The van der Waals surface area contributed by atoms with Crippen LogP contribution in [0.1, 0.15) is 40.2 Å². The Morgan fingerprint density at radius 3 is 2.52 bits per heavy atom. The van der Waals surface area contributed by atoms with E-state index in [-0.39, 0.29) is 22.7 Å². The summed E-state index contributed by atoms with van der Waals surface area (Å²) in [5.41, 5.74) is 1.11. The average molecular weight is 294 g/mol. The molecular weight excluding hydrogens is 271 g/mol. The lowest BCUT2D eigenvalue weighted by molar-refractivity contribution is -0.384. The van der Waals surface area contributed by atoms with Crippen molar-refractivity contribution in [2.45, 2.75) is 40.2 Å². The zero-order valence-electron chi connectivity index (χ0n) is 13.2. The van der Waals surface area contributed by atoms with Crippen LogP contribution in [0, 0.1) is 21.8 Å². The Balaban J connectivity index is 3.10. The second kappa shape index (κ2) is 6.80. The van der Waals surface area contributed by atoms with E-state index in [1.807, 2.05) is 13.8 Å². The molecule has 116 valence electrons. The molecule has 0 unspecified atom stereocenters. The smallest absolute Gasteiger partial charge is 0.270 e. The van der Waals surface area contributed by atoms with E-state index in [1.165, 1.54) is 12.1 Å². The highest BCUT2D eigenvalue weighted by Gasteiger charge is 2.14. The van der Waals surface area contributed by atoms with Crippen LogP contribution < -0.4 is 5.32 Å². The molecule has 1 N–H and O–H groups in total. The Morgan fingerprint density at radius 2 is 2.05 bits per heavy atom. The second-order valence-corrected chi connectivity index (χ2v) is 6.44. The van der Waals surface area contributed by atoms with Gasteiger partial charge in [0.05, 0.1) is 4.92 Å². The summed E-state index contributed by atoms with van der Waals surface area (Å²) < 4.78 is 13.8. The monoisotopic (exact) mass is 294 g/mol. The van der Waals surface area contributed by atoms with Gasteiger partial charge in [-0.1, -0.05) is 25.5 Å². The zero-order chi connectivity index (χ0) is 16.2. The summed E-state index contributed by atoms with van der Waals surface area (Å²) in [6, 6.07) is 3.59. The molecule has 0 radical (unpaired) electrons. The van der Waals surface area contributed by atoms with Gasteiger partial charge in [0.25, 0.3) is 5.69 Å². The van der Waals surface area contributed by atoms with Crippen molar-refractivity contribution in [3.8, 4) is 0 Å². The third kappa shape index (κ3) is 5.63. The summed E-state index contributed by atoms with van der Waals surface area (Å²) in [6.45, 7) is 10.8. The number of halogens is 1. The van der Waals surface area contributed by atoms with Gasteiger partial charge in [-0.15, -0.1) is 0 Å². The van der Waals surface area contributed by atoms with E-state index in [0.29, 0.717) is 6.54 Å². The molecule has 5 heteroatoms. The van der Waals surface area contributed by atoms with Crippen LogP contribution in [-0.2, 0) is 0 Å². The van der Waals surface area contributed by atoms with Crippen molar-refractivity contribution < 1.29 is 9.31 Å². The van der Waals surface area contributed by atoms with Gasteiger partial charge in [-0.25, -0.2) is 4.39 Å². The number of nitrogens with one attached hydrogen (secondary N) is 1. The average Bonchev–Trinajstić information content (AvgIpc) is 2.34. The molecule has 0 amide bonds. The van der Waals surface area contributed by atoms with Gasteiger partial charge in [0.1, 0.15) is 5.82 Å². The standard InChI is InChI=1S/C16H23FN2O2/c1-11(2)13(10-18-16(3,4)5)8-12-9-14(19(20)21)6-7-15(12)17/h6-9,11,18H,10H2,1-5H3/b13-8+. The van der Waals surface area contributed by atoms with Crippen molar-refractivity contribution in [3.05, 3.63) is 45.3 Å². The van der Waals surface area contributed by atoms with Gasteiger partial charge in [0.15, 0.2) is 0 Å². The zero-order valence-corrected chi connectivity index (χ0v) is 13.2. The first kappa shape index (κ1) is 17.3. The van der Waals surface area contributed by atoms with Crippen LogP contribution >= 0.6 is 0 Å². The van der Waals surface area contributed by atoms with Crippen molar-refractivity contribution in [3.63, 3.8) is 0 Å². The van der Waals surface area contributed by atoms with Crippen molar-refractivity contribution in [1.82, 2.24) is 5.32 Å². The molecule has 0 spiro atoms. The van der Waals surface area contributed by atoms with Gasteiger partial charge in [0.2, 0.25) is 0 Å². The van der Waals surface area contributed by atoms with Gasteiger partial charge in [0, 0.05) is 29.8 Å². The Hall–Kier alpha value is -1.75. The maximum Gasteiger partial charge on any atom is 0.270 e. The minimum atomic E-state index is -0.515. The van der Waals surface area contributed by atoms with Gasteiger partial charge >= 0.3 is 0 Å². The third-order valence-corrected chi connectivity index (χ3v) is 3.10. The van der Waals surface area contributed by atoms with Crippen molar-refractivity contribution in [2.24, 2.45) is 5.92 Å². The molecule has 21 heavy (non-hydrogen) atoms. The number of hydrogen-bond acceptors (Lipinski definition) is 3. The van der Waals surface area contributed by atoms with Gasteiger partial charge in [-0.2, -0.15) is 0 Å². The number of nitro benzene ring substituents is 1. The van der Waals surface area contributed by atoms with Crippen LogP contribution in [0.4, 0.5) is 10.1 Å². The summed E-state index contributed by atoms with van der Waals surface area (Å²) in [6.07, 6.45) is 1.70. The minimum Gasteiger partial charge on any atom is -0.308 e. The van der Waals surface area contributed by atoms with E-state index in [9.17, 15) is 14.5 Å². The minimum absolute atomic E-state index is 0.0464. The summed E-state index contributed by atoms with van der Waals surface area (Å²) in [7, 11) is 0. The number of non-ortho nitro benzene ring substituents is 1. The first-order valence-electron chi connectivity index (χ1n) is 6.99. The molecule has 1 aromatic carbocycles. The number of rotatable bonds is 5. The van der Waals surface area contributed by atoms with Crippen LogP contribution in [0.2, 0.25) is 0 Å². The maximum absolute atomic E-state index is 13.8. The summed E-state index contributed by atoms with van der Waals surface area (Å²) in [5, 5.41) is 14.1. The lowest BCUT2D eigenvalue weighted by Gasteiger charge is -2.23. The fourth-order valence-electron chi connectivity index (χ4n) is 1.74. The van der Waals surface area contributed by atoms with Gasteiger partial charge < -0.3 is 5.32 Å². The Bertz CT molecular complexity index is 546. The van der Waals surface area contributed by atoms with Crippen LogP contribution in [0.3, 0.4) is 0 Å². The quantitative estimate of drug-likeness (QED) is 0.655. The Morgan fingerprint density at radius 1 is 1.43 bits per heavy atom. The largest absolute Gasteiger partial charge is 0.308 e. The normalized spacial score (nSPS) is 12.8. The molecule has 0 saturated carbocycles. The van der Waals surface area contributed by atoms with E-state index < -0.39 is 10.7 Å². The van der Waals surface area contributed by atoms with Crippen molar-refractivity contribution in [1.29, 1.82) is 0 Å². The predicted molar refractivity (Wildman–Crippen MR) is 83.6 cm³/mol. The first-order valence-corrected chi connectivity index (χ1v) is 6.99. The van der Waals surface area contributed by atoms with Crippen LogP contribution in [0.15, 0.2) is 23.8 Å². The molecular formula is C16H23FN2O2. The molecule has 0 atom stereocenters. The molecule has 0 aliphatic carbocycles. The lowest BCUT2D eigenvalue weighted by Crippen LogP contribution is -2.37. The molecule has 0 heterocycles. The van der Waals surface area contributed by atoms with Gasteiger partial charge in [-0.05, 0) is 32.8 Å². The van der Waals surface area contributed by atoms with Crippen LogP contribution in [-0.4, -0.2) is 17.0 Å². The molecule has 4 nitrogen and oxygen atoms in total. The molecule has 0 aliphatic rings. The number of hydrogen-bond donors (Lipinski definition) is 1. The van der Waals surface area contributed by atoms with E-state index in [4.69, 9.17) is 0 Å². The SMILES string of the molecule is CC(C)/C(=C/c1cc([N+](=O)[O-])ccc1F)CNC(C)(C)C. The molecule has 0 saturated heterocycles. The van der Waals surface area contributed by atoms with E-state index in [0.717, 1.165) is 11.6 Å². The highest BCUT2D eigenvalue weighted by molar-refractivity contribution is 5.57. The fourth-order valence-corrected chi connectivity index (χ4v) is 1.74. The number of benzene rings is 1. The Labute approximate surface area is 125 Å². The van der Waals surface area contributed by atoms with Crippen molar-refractivity contribution in [2.75, 3.05) is 6.54 Å². The fraction of sp³-hybridized carbons (Fsp3) is 0.500. The molecule has 1 rings (SSSR count). The van der Waals surface area contributed by atoms with E-state index in [1.54, 1.807) is 6.08 Å². The van der Waals surface area contributed by atoms with Crippen molar-refractivity contribution >= 4 is 11.8 Å². The highest BCUT2D eigenvalue weighted by Crippen LogP contribution is 2.21. The summed E-state index contributed by atoms with van der Waals surface area (Å²) in [4.78, 5) is 10.3. The molecule has 0 bridgehead atoms. The summed E-state index contributed by atoms with van der Waals surface area (Å²) in [5.74, 6) is -0.229.